The molecule has 0 radical (unpaired) electrons. The summed E-state index contributed by atoms with van der Waals surface area (Å²) in [5.74, 6) is 1.33. The van der Waals surface area contributed by atoms with Crippen LogP contribution in [0.1, 0.15) is 18.1 Å². The Balaban J connectivity index is 1.95. The molecule has 1 saturated heterocycles. The molecule has 1 aromatic rings. The number of nitrogens with two attached hydrogens (primary N) is 1. The first-order chi connectivity index (χ1) is 9.16. The molecule has 3 N–H and O–H groups in total. The van der Waals surface area contributed by atoms with Crippen LogP contribution in [-0.2, 0) is 4.74 Å². The van der Waals surface area contributed by atoms with Gasteiger partial charge in [0.25, 0.3) is 0 Å². The number of hydrogen-bond donors (Lipinski definition) is 2. The van der Waals surface area contributed by atoms with Crippen molar-refractivity contribution in [1.82, 2.24) is 0 Å². The summed E-state index contributed by atoms with van der Waals surface area (Å²) >= 11 is 3.44. The fraction of sp³-hybridized carbons (Fsp3) is 0.538. The molecular formula is C13H16BrNO4. The van der Waals surface area contributed by atoms with E-state index in [1.54, 1.807) is 0 Å². The zero-order chi connectivity index (χ0) is 13.5. The molecule has 2 aliphatic heterocycles. The van der Waals surface area contributed by atoms with E-state index in [9.17, 15) is 5.11 Å². The Labute approximate surface area is 119 Å². The minimum atomic E-state index is -0.675. The van der Waals surface area contributed by atoms with Crippen molar-refractivity contribution in [2.45, 2.75) is 12.5 Å². The van der Waals surface area contributed by atoms with Gasteiger partial charge in [0.05, 0.1) is 17.2 Å². The van der Waals surface area contributed by atoms with E-state index in [0.717, 1.165) is 16.5 Å². The zero-order valence-electron chi connectivity index (χ0n) is 10.4. The van der Waals surface area contributed by atoms with Crippen molar-refractivity contribution in [2.24, 2.45) is 11.1 Å². The highest BCUT2D eigenvalue weighted by Gasteiger charge is 2.42. The van der Waals surface area contributed by atoms with Crippen molar-refractivity contribution < 1.29 is 19.3 Å². The van der Waals surface area contributed by atoms with Gasteiger partial charge in [-0.2, -0.15) is 0 Å². The van der Waals surface area contributed by atoms with E-state index in [0.29, 0.717) is 31.3 Å². The topological polar surface area (TPSA) is 73.9 Å². The van der Waals surface area contributed by atoms with Crippen molar-refractivity contribution >= 4 is 15.9 Å². The summed E-state index contributed by atoms with van der Waals surface area (Å²) in [6.45, 7) is 1.72. The van der Waals surface area contributed by atoms with Gasteiger partial charge in [-0.25, -0.2) is 0 Å². The summed E-state index contributed by atoms with van der Waals surface area (Å²) in [5.41, 5.74) is 6.21. The standard InChI is InChI=1S/C13H16BrNO4/c14-9-3-8(4-10-11(9)19-7-18-10)12(16)13(5-15)1-2-17-6-13/h3-4,12,16H,1-2,5-7,15H2. The van der Waals surface area contributed by atoms with Crippen LogP contribution < -0.4 is 15.2 Å². The maximum atomic E-state index is 10.6. The van der Waals surface area contributed by atoms with Crippen LogP contribution in [0.3, 0.4) is 0 Å². The molecule has 0 bridgehead atoms. The van der Waals surface area contributed by atoms with Gasteiger partial charge in [-0.1, -0.05) is 0 Å². The van der Waals surface area contributed by atoms with Crippen LogP contribution in [0.15, 0.2) is 16.6 Å². The van der Waals surface area contributed by atoms with Crippen molar-refractivity contribution in [1.29, 1.82) is 0 Å². The van der Waals surface area contributed by atoms with Crippen molar-refractivity contribution in [3.05, 3.63) is 22.2 Å². The van der Waals surface area contributed by atoms with E-state index >= 15 is 0 Å². The van der Waals surface area contributed by atoms with Crippen LogP contribution in [0.25, 0.3) is 0 Å². The normalized spacial score (nSPS) is 26.7. The highest BCUT2D eigenvalue weighted by atomic mass is 79.9. The van der Waals surface area contributed by atoms with Gasteiger partial charge in [-0.15, -0.1) is 0 Å². The maximum Gasteiger partial charge on any atom is 0.231 e. The Hall–Kier alpha value is -0.820. The molecule has 104 valence electrons. The monoisotopic (exact) mass is 329 g/mol. The smallest absolute Gasteiger partial charge is 0.231 e. The summed E-state index contributed by atoms with van der Waals surface area (Å²) < 4.78 is 16.9. The van der Waals surface area contributed by atoms with Gasteiger partial charge in [-0.3, -0.25) is 0 Å². The summed E-state index contributed by atoms with van der Waals surface area (Å²) in [6.07, 6.45) is 0.0855. The van der Waals surface area contributed by atoms with E-state index in [2.05, 4.69) is 15.9 Å². The van der Waals surface area contributed by atoms with Crippen LogP contribution >= 0.6 is 15.9 Å². The summed E-state index contributed by atoms with van der Waals surface area (Å²) in [7, 11) is 0. The molecule has 2 aliphatic rings. The lowest BCUT2D eigenvalue weighted by Crippen LogP contribution is -2.37. The average Bonchev–Trinajstić information content (AvgIpc) is 3.07. The van der Waals surface area contributed by atoms with E-state index < -0.39 is 11.5 Å². The third-order valence-electron chi connectivity index (χ3n) is 3.89. The van der Waals surface area contributed by atoms with Crippen LogP contribution in [0.4, 0.5) is 0 Å². The number of aliphatic hydroxyl groups excluding tert-OH is 1. The van der Waals surface area contributed by atoms with E-state index in [1.165, 1.54) is 0 Å². The first-order valence-corrected chi connectivity index (χ1v) is 7.00. The van der Waals surface area contributed by atoms with Gasteiger partial charge in [-0.05, 0) is 40.0 Å². The lowest BCUT2D eigenvalue weighted by atomic mass is 9.78. The zero-order valence-corrected chi connectivity index (χ0v) is 12.0. The van der Waals surface area contributed by atoms with Crippen LogP contribution in [0, 0.1) is 5.41 Å². The third kappa shape index (κ3) is 2.12. The van der Waals surface area contributed by atoms with Crippen molar-refractivity contribution in [3.63, 3.8) is 0 Å². The van der Waals surface area contributed by atoms with Crippen LogP contribution in [-0.4, -0.2) is 31.7 Å². The molecule has 2 heterocycles. The molecule has 1 aromatic carbocycles. The number of ether oxygens (including phenoxy) is 3. The number of aliphatic hydroxyl groups is 1. The second-order valence-electron chi connectivity index (χ2n) is 5.01. The minimum absolute atomic E-state index is 0.207. The molecule has 6 heteroatoms. The van der Waals surface area contributed by atoms with E-state index in [1.807, 2.05) is 12.1 Å². The van der Waals surface area contributed by atoms with Gasteiger partial charge in [0.15, 0.2) is 11.5 Å². The van der Waals surface area contributed by atoms with Crippen molar-refractivity contribution in [2.75, 3.05) is 26.6 Å². The SMILES string of the molecule is NCC1(C(O)c2cc(Br)c3c(c2)OCO3)CCOC1. The van der Waals surface area contributed by atoms with Crippen molar-refractivity contribution in [3.8, 4) is 11.5 Å². The van der Waals surface area contributed by atoms with Gasteiger partial charge in [0, 0.05) is 18.6 Å². The predicted octanol–water partition coefficient (Wildman–Crippen LogP) is 1.58. The average molecular weight is 330 g/mol. The molecule has 1 fully saturated rings. The maximum absolute atomic E-state index is 10.6. The van der Waals surface area contributed by atoms with Crippen LogP contribution in [0.5, 0.6) is 11.5 Å². The highest BCUT2D eigenvalue weighted by molar-refractivity contribution is 9.10. The van der Waals surface area contributed by atoms with Gasteiger partial charge in [0.2, 0.25) is 6.79 Å². The number of rotatable bonds is 3. The predicted molar refractivity (Wildman–Crippen MR) is 72.1 cm³/mol. The van der Waals surface area contributed by atoms with Crippen LogP contribution in [0.2, 0.25) is 0 Å². The van der Waals surface area contributed by atoms with E-state index in [-0.39, 0.29) is 6.79 Å². The molecule has 2 atom stereocenters. The number of hydrogen-bond acceptors (Lipinski definition) is 5. The number of fused-ring (bicyclic) bond motifs is 1. The molecule has 19 heavy (non-hydrogen) atoms. The first-order valence-electron chi connectivity index (χ1n) is 6.21. The largest absolute Gasteiger partial charge is 0.454 e. The van der Waals surface area contributed by atoms with Gasteiger partial charge < -0.3 is 25.1 Å². The molecule has 0 aromatic heterocycles. The van der Waals surface area contributed by atoms with E-state index in [4.69, 9.17) is 19.9 Å². The molecule has 0 spiro atoms. The minimum Gasteiger partial charge on any atom is -0.454 e. The summed E-state index contributed by atoms with van der Waals surface area (Å²) in [4.78, 5) is 0. The van der Waals surface area contributed by atoms with Gasteiger partial charge in [0.1, 0.15) is 0 Å². The molecule has 0 saturated carbocycles. The fourth-order valence-corrected chi connectivity index (χ4v) is 3.18. The molecule has 0 aliphatic carbocycles. The van der Waals surface area contributed by atoms with Gasteiger partial charge >= 0.3 is 0 Å². The Bertz CT molecular complexity index is 488. The second-order valence-corrected chi connectivity index (χ2v) is 5.86. The third-order valence-corrected chi connectivity index (χ3v) is 4.47. The Morgan fingerprint density at radius 2 is 2.26 bits per heavy atom. The molecule has 3 rings (SSSR count). The fourth-order valence-electron chi connectivity index (χ4n) is 2.61. The second kappa shape index (κ2) is 4.94. The Morgan fingerprint density at radius 1 is 1.42 bits per heavy atom. The number of benzene rings is 1. The summed E-state index contributed by atoms with van der Waals surface area (Å²) in [5, 5.41) is 10.6. The quantitative estimate of drug-likeness (QED) is 0.880. The molecular weight excluding hydrogens is 314 g/mol. The first kappa shape index (κ1) is 13.2. The Morgan fingerprint density at radius 3 is 2.95 bits per heavy atom. The Kier molecular flexibility index (Phi) is 3.42. The molecule has 5 nitrogen and oxygen atoms in total. The molecule has 0 amide bonds. The lowest BCUT2D eigenvalue weighted by Gasteiger charge is -2.31. The highest BCUT2D eigenvalue weighted by Crippen LogP contribution is 2.46. The summed E-state index contributed by atoms with van der Waals surface area (Å²) in [6, 6.07) is 3.67. The number of halogens is 1. The molecule has 2 unspecified atom stereocenters. The lowest BCUT2D eigenvalue weighted by molar-refractivity contribution is 0.0189.